The Kier molecular flexibility index (Phi) is 4.81. The molecule has 35 heavy (non-hydrogen) atoms. The van der Waals surface area contributed by atoms with E-state index in [1.54, 1.807) is 25.1 Å². The molecule has 0 bridgehead atoms. The van der Waals surface area contributed by atoms with Gasteiger partial charge in [0.25, 0.3) is 5.56 Å². The monoisotopic (exact) mass is 465 g/mol. The predicted octanol–water partition coefficient (Wildman–Crippen LogP) is 4.40. The summed E-state index contributed by atoms with van der Waals surface area (Å²) in [6.07, 6.45) is 1.54. The van der Waals surface area contributed by atoms with Crippen LogP contribution in [0.5, 0.6) is 11.5 Å². The zero-order chi connectivity index (χ0) is 23.9. The molecular formula is C26H19N5O4. The minimum Gasteiger partial charge on any atom is -0.463 e. The third-order valence-corrected chi connectivity index (χ3v) is 5.73. The molecule has 1 amide bonds. The number of amides is 1. The summed E-state index contributed by atoms with van der Waals surface area (Å²) in [6, 6.07) is 21.5. The van der Waals surface area contributed by atoms with E-state index in [-0.39, 0.29) is 17.4 Å². The van der Waals surface area contributed by atoms with Gasteiger partial charge in [-0.2, -0.15) is 9.78 Å². The highest BCUT2D eigenvalue weighted by molar-refractivity contribution is 5.99. The van der Waals surface area contributed by atoms with Gasteiger partial charge in [0.2, 0.25) is 11.9 Å². The first-order valence-electron chi connectivity index (χ1n) is 11.0. The van der Waals surface area contributed by atoms with Crippen molar-refractivity contribution in [2.24, 2.45) is 0 Å². The van der Waals surface area contributed by atoms with Crippen molar-refractivity contribution >= 4 is 11.7 Å². The van der Waals surface area contributed by atoms with Gasteiger partial charge in [-0.25, -0.2) is 4.98 Å². The van der Waals surface area contributed by atoms with Crippen LogP contribution in [0, 0.1) is 6.92 Å². The largest absolute Gasteiger partial charge is 0.463 e. The second kappa shape index (κ2) is 8.14. The van der Waals surface area contributed by atoms with Crippen LogP contribution in [-0.4, -0.2) is 25.7 Å². The lowest BCUT2D eigenvalue weighted by Gasteiger charge is -2.27. The maximum atomic E-state index is 13.8. The summed E-state index contributed by atoms with van der Waals surface area (Å²) in [6.45, 7) is 1.71. The number of aromatic nitrogens is 4. The lowest BCUT2D eigenvalue weighted by molar-refractivity contribution is -0.116. The number of carbonyl (C=O) groups excluding carboxylic acids is 1. The molecule has 2 N–H and O–H groups in total. The van der Waals surface area contributed by atoms with Gasteiger partial charge in [0.15, 0.2) is 5.76 Å². The molecule has 9 nitrogen and oxygen atoms in total. The second-order valence-corrected chi connectivity index (χ2v) is 8.11. The number of hydrogen-bond donors (Lipinski definition) is 2. The quantitative estimate of drug-likeness (QED) is 0.407. The molecule has 5 aromatic rings. The Labute approximate surface area is 199 Å². The fourth-order valence-electron chi connectivity index (χ4n) is 4.23. The average molecular weight is 465 g/mol. The fourth-order valence-corrected chi connectivity index (χ4v) is 4.23. The molecular weight excluding hydrogens is 446 g/mol. The predicted molar refractivity (Wildman–Crippen MR) is 128 cm³/mol. The van der Waals surface area contributed by atoms with Crippen molar-refractivity contribution in [3.8, 4) is 28.9 Å². The van der Waals surface area contributed by atoms with E-state index < -0.39 is 5.92 Å². The van der Waals surface area contributed by atoms with Gasteiger partial charge in [0.05, 0.1) is 12.2 Å². The van der Waals surface area contributed by atoms with Crippen molar-refractivity contribution in [3.63, 3.8) is 0 Å². The molecule has 9 heteroatoms. The summed E-state index contributed by atoms with van der Waals surface area (Å²) < 4.78 is 12.9. The molecule has 6 rings (SSSR count). The molecule has 2 aromatic carbocycles. The van der Waals surface area contributed by atoms with E-state index in [9.17, 15) is 9.59 Å². The van der Waals surface area contributed by atoms with Crippen LogP contribution in [0.3, 0.4) is 0 Å². The number of aromatic amines is 1. The number of nitrogens with one attached hydrogen (secondary N) is 2. The van der Waals surface area contributed by atoms with Gasteiger partial charge in [0.1, 0.15) is 23.0 Å². The topological polar surface area (TPSA) is 115 Å². The number of carbonyl (C=O) groups is 1. The van der Waals surface area contributed by atoms with Crippen molar-refractivity contribution in [1.82, 2.24) is 19.7 Å². The first-order valence-corrected chi connectivity index (χ1v) is 11.0. The molecule has 0 saturated heterocycles. The molecule has 0 aliphatic carbocycles. The van der Waals surface area contributed by atoms with E-state index in [2.05, 4.69) is 20.4 Å². The van der Waals surface area contributed by atoms with Crippen molar-refractivity contribution in [2.45, 2.75) is 12.8 Å². The summed E-state index contributed by atoms with van der Waals surface area (Å²) in [4.78, 5) is 33.0. The van der Waals surface area contributed by atoms with Gasteiger partial charge >= 0.3 is 0 Å². The minimum absolute atomic E-state index is 0.177. The smallest absolute Gasteiger partial charge is 0.252 e. The van der Waals surface area contributed by atoms with Crippen LogP contribution in [0.1, 0.15) is 22.7 Å². The first-order chi connectivity index (χ1) is 17.1. The molecule has 3 aromatic heterocycles. The molecule has 172 valence electrons. The third-order valence-electron chi connectivity index (χ3n) is 5.73. The molecule has 1 aliphatic heterocycles. The molecule has 4 heterocycles. The number of para-hydroxylation sites is 2. The Morgan fingerprint density at radius 3 is 2.37 bits per heavy atom. The van der Waals surface area contributed by atoms with Crippen molar-refractivity contribution in [2.75, 3.05) is 5.32 Å². The number of H-pyrrole nitrogens is 1. The fraction of sp³-hybridized carbons (Fsp3) is 0.0769. The van der Waals surface area contributed by atoms with Crippen molar-refractivity contribution in [3.05, 3.63) is 106 Å². The summed E-state index contributed by atoms with van der Waals surface area (Å²) in [5.41, 5.74) is 2.17. The number of nitrogens with zero attached hydrogens (tertiary/aromatic N) is 3. The van der Waals surface area contributed by atoms with Crippen molar-refractivity contribution < 1.29 is 13.9 Å². The Balaban J connectivity index is 1.45. The number of fused-ring (bicyclic) bond motifs is 2. The van der Waals surface area contributed by atoms with Crippen LogP contribution < -0.4 is 15.6 Å². The highest BCUT2D eigenvalue weighted by atomic mass is 16.5. The van der Waals surface area contributed by atoms with Gasteiger partial charge in [-0.05, 0) is 31.2 Å². The SMILES string of the molecule is Cc1cc(=O)[nH]c(-n2nc(-c3ccco3)cc2NC(=O)C2c3ccccc3Oc3ccccc32)n1. The number of hydrogen-bond acceptors (Lipinski definition) is 6. The second-order valence-electron chi connectivity index (χ2n) is 8.11. The van der Waals surface area contributed by atoms with E-state index in [0.717, 1.165) is 11.1 Å². The normalized spacial score (nSPS) is 12.5. The molecule has 0 radical (unpaired) electrons. The highest BCUT2D eigenvalue weighted by Crippen LogP contribution is 2.44. The maximum Gasteiger partial charge on any atom is 0.252 e. The van der Waals surface area contributed by atoms with E-state index >= 15 is 0 Å². The Morgan fingerprint density at radius 2 is 1.71 bits per heavy atom. The van der Waals surface area contributed by atoms with E-state index in [1.165, 1.54) is 17.0 Å². The van der Waals surface area contributed by atoms with Gasteiger partial charge in [0, 0.05) is 29.0 Å². The molecule has 1 aliphatic rings. The zero-order valence-electron chi connectivity index (χ0n) is 18.6. The van der Waals surface area contributed by atoms with Gasteiger partial charge < -0.3 is 14.5 Å². The number of rotatable bonds is 4. The number of aryl methyl sites for hydroxylation is 1. The summed E-state index contributed by atoms with van der Waals surface area (Å²) >= 11 is 0. The minimum atomic E-state index is -0.615. The third kappa shape index (κ3) is 3.68. The summed E-state index contributed by atoms with van der Waals surface area (Å²) in [7, 11) is 0. The van der Waals surface area contributed by atoms with Crippen LogP contribution in [0.15, 0.2) is 88.3 Å². The zero-order valence-corrected chi connectivity index (χ0v) is 18.6. The molecule has 0 spiro atoms. The number of ether oxygens (including phenoxy) is 1. The van der Waals surface area contributed by atoms with Crippen molar-refractivity contribution in [1.29, 1.82) is 0 Å². The number of anilines is 1. The van der Waals surface area contributed by atoms with Crippen LogP contribution in [0.4, 0.5) is 5.82 Å². The Hall–Kier alpha value is -4.92. The average Bonchev–Trinajstić information content (AvgIpc) is 3.52. The first kappa shape index (κ1) is 20.7. The van der Waals surface area contributed by atoms with Crippen LogP contribution in [0.2, 0.25) is 0 Å². The Bertz CT molecular complexity index is 1570. The van der Waals surface area contributed by atoms with E-state index in [4.69, 9.17) is 9.15 Å². The van der Waals surface area contributed by atoms with Gasteiger partial charge in [-0.3, -0.25) is 14.6 Å². The van der Waals surface area contributed by atoms with Gasteiger partial charge in [-0.15, -0.1) is 0 Å². The Morgan fingerprint density at radius 1 is 1.00 bits per heavy atom. The van der Waals surface area contributed by atoms with E-state index in [1.807, 2.05) is 48.5 Å². The highest BCUT2D eigenvalue weighted by Gasteiger charge is 2.33. The summed E-state index contributed by atoms with van der Waals surface area (Å²) in [5.74, 6) is 1.37. The standard InChI is InChI=1S/C26H19N5O4/c1-15-13-23(32)29-26(27-15)31-22(14-18(30-31)21-11-6-12-34-21)28-25(33)24-16-7-2-4-9-19(16)35-20-10-5-3-8-17(20)24/h2-14,24H,1H3,(H,28,33)(H,27,29,32). The van der Waals surface area contributed by atoms with Crippen LogP contribution in [0.25, 0.3) is 17.4 Å². The summed E-state index contributed by atoms with van der Waals surface area (Å²) in [5, 5.41) is 7.53. The lowest BCUT2D eigenvalue weighted by Crippen LogP contribution is -2.26. The maximum absolute atomic E-state index is 13.8. The number of benzene rings is 2. The lowest BCUT2D eigenvalue weighted by atomic mass is 9.87. The van der Waals surface area contributed by atoms with E-state index in [0.29, 0.717) is 34.5 Å². The van der Waals surface area contributed by atoms with Gasteiger partial charge in [-0.1, -0.05) is 36.4 Å². The molecule has 0 atom stereocenters. The molecule has 0 unspecified atom stereocenters. The van der Waals surface area contributed by atoms with Crippen LogP contribution in [-0.2, 0) is 4.79 Å². The number of furan rings is 1. The molecule has 0 fully saturated rings. The molecule has 0 saturated carbocycles. The van der Waals surface area contributed by atoms with Crippen LogP contribution >= 0.6 is 0 Å².